The van der Waals surface area contributed by atoms with E-state index in [0.29, 0.717) is 6.42 Å². The van der Waals surface area contributed by atoms with E-state index in [2.05, 4.69) is 0 Å². The van der Waals surface area contributed by atoms with Crippen LogP contribution in [0, 0.1) is 30.9 Å². The summed E-state index contributed by atoms with van der Waals surface area (Å²) in [7, 11) is 0. The van der Waals surface area contributed by atoms with Crippen LogP contribution in [0.25, 0.3) is 0 Å². The number of non-ortho nitro benzene ring substituents is 1. The van der Waals surface area contributed by atoms with E-state index in [-0.39, 0.29) is 11.7 Å². The van der Waals surface area contributed by atoms with Crippen LogP contribution in [-0.2, 0) is 6.42 Å². The number of hydrogen-bond acceptors (Lipinski definition) is 4. The molecule has 1 unspecified atom stereocenters. The monoisotopic (exact) mass is 274 g/mol. The van der Waals surface area contributed by atoms with Gasteiger partial charge in [-0.1, -0.05) is 12.1 Å². The highest BCUT2D eigenvalue weighted by molar-refractivity contribution is 5.37. The zero-order chi connectivity index (χ0) is 14.9. The molecule has 5 nitrogen and oxygen atoms in total. The fourth-order valence-electron chi connectivity index (χ4n) is 2.46. The maximum Gasteiger partial charge on any atom is 0.269 e. The summed E-state index contributed by atoms with van der Waals surface area (Å²) in [6.07, 6.45) is 0.624. The first kappa shape index (κ1) is 14.3. The Morgan fingerprint density at radius 1 is 1.20 bits per heavy atom. The van der Waals surface area contributed by atoms with Gasteiger partial charge in [-0.15, -0.1) is 0 Å². The molecule has 0 aliphatic carbocycles. The lowest BCUT2D eigenvalue weighted by Gasteiger charge is -2.12. The van der Waals surface area contributed by atoms with Crippen LogP contribution < -0.4 is 5.73 Å². The first-order valence-corrected chi connectivity index (χ1v) is 6.45. The summed E-state index contributed by atoms with van der Waals surface area (Å²) in [5.74, 6) is 1.73. The highest BCUT2D eigenvalue weighted by Gasteiger charge is 2.18. The number of benzene rings is 1. The maximum atomic E-state index is 10.6. The maximum absolute atomic E-state index is 10.6. The average Bonchev–Trinajstić information content (AvgIpc) is 2.63. The lowest BCUT2D eigenvalue weighted by Crippen LogP contribution is -2.14. The van der Waals surface area contributed by atoms with Crippen LogP contribution in [-0.4, -0.2) is 4.92 Å². The third-order valence-electron chi connectivity index (χ3n) is 3.59. The molecule has 1 atom stereocenters. The quantitative estimate of drug-likeness (QED) is 0.684. The van der Waals surface area contributed by atoms with Gasteiger partial charge >= 0.3 is 0 Å². The molecule has 2 aromatic rings. The Balaban J connectivity index is 2.19. The molecule has 2 rings (SSSR count). The Kier molecular flexibility index (Phi) is 3.90. The Morgan fingerprint density at radius 3 is 2.25 bits per heavy atom. The fraction of sp³-hybridized carbons (Fsp3) is 0.333. The zero-order valence-corrected chi connectivity index (χ0v) is 11.8. The topological polar surface area (TPSA) is 82.3 Å². The summed E-state index contributed by atoms with van der Waals surface area (Å²) in [6, 6.07) is 6.32. The minimum absolute atomic E-state index is 0.0915. The number of rotatable bonds is 4. The van der Waals surface area contributed by atoms with Gasteiger partial charge in [0.05, 0.1) is 4.92 Å². The second-order valence-electron chi connectivity index (χ2n) is 4.99. The average molecular weight is 274 g/mol. The summed E-state index contributed by atoms with van der Waals surface area (Å²) < 4.78 is 5.59. The van der Waals surface area contributed by atoms with Crippen molar-refractivity contribution in [3.05, 3.63) is 62.6 Å². The van der Waals surface area contributed by atoms with Gasteiger partial charge in [0.2, 0.25) is 0 Å². The predicted octanol–water partition coefficient (Wildman–Crippen LogP) is 3.36. The molecular formula is C15H18N2O3. The zero-order valence-electron chi connectivity index (χ0n) is 11.8. The summed E-state index contributed by atoms with van der Waals surface area (Å²) in [5, 5.41) is 10.6. The van der Waals surface area contributed by atoms with E-state index in [1.807, 2.05) is 20.8 Å². The van der Waals surface area contributed by atoms with E-state index in [9.17, 15) is 10.1 Å². The van der Waals surface area contributed by atoms with E-state index in [1.54, 1.807) is 12.1 Å². The SMILES string of the molecule is Cc1oc(C)c(C(N)Cc2ccc([N+](=O)[O-])cc2)c1C. The number of nitrogens with zero attached hydrogens (tertiary/aromatic N) is 1. The van der Waals surface area contributed by atoms with Crippen molar-refractivity contribution >= 4 is 5.69 Å². The standard InChI is InChI=1S/C15H18N2O3/c1-9-10(2)20-11(3)15(9)14(16)8-12-4-6-13(7-5-12)17(18)19/h4-7,14H,8,16H2,1-3H3. The lowest BCUT2D eigenvalue weighted by atomic mass is 9.96. The molecule has 0 fully saturated rings. The van der Waals surface area contributed by atoms with E-state index < -0.39 is 4.92 Å². The van der Waals surface area contributed by atoms with Crippen molar-refractivity contribution in [2.24, 2.45) is 5.73 Å². The van der Waals surface area contributed by atoms with Gasteiger partial charge in [0.1, 0.15) is 11.5 Å². The molecule has 0 aliphatic heterocycles. The Morgan fingerprint density at radius 2 is 1.80 bits per heavy atom. The summed E-state index contributed by atoms with van der Waals surface area (Å²) >= 11 is 0. The highest BCUT2D eigenvalue weighted by atomic mass is 16.6. The number of nitro benzene ring substituents is 1. The molecule has 1 aromatic carbocycles. The van der Waals surface area contributed by atoms with Gasteiger partial charge in [-0.3, -0.25) is 10.1 Å². The van der Waals surface area contributed by atoms with Crippen LogP contribution >= 0.6 is 0 Å². The van der Waals surface area contributed by atoms with Crippen LogP contribution in [0.15, 0.2) is 28.7 Å². The molecule has 1 heterocycles. The largest absolute Gasteiger partial charge is 0.466 e. The first-order valence-electron chi connectivity index (χ1n) is 6.45. The molecule has 2 N–H and O–H groups in total. The van der Waals surface area contributed by atoms with Crippen molar-refractivity contribution in [2.75, 3.05) is 0 Å². The molecule has 20 heavy (non-hydrogen) atoms. The minimum Gasteiger partial charge on any atom is -0.466 e. The summed E-state index contributed by atoms with van der Waals surface area (Å²) in [5.41, 5.74) is 9.42. The van der Waals surface area contributed by atoms with Crippen molar-refractivity contribution in [1.29, 1.82) is 0 Å². The molecule has 5 heteroatoms. The van der Waals surface area contributed by atoms with Crippen molar-refractivity contribution < 1.29 is 9.34 Å². The molecule has 0 spiro atoms. The number of aryl methyl sites for hydroxylation is 2. The normalized spacial score (nSPS) is 12.4. The molecule has 106 valence electrons. The molecule has 0 aliphatic rings. The van der Waals surface area contributed by atoms with Crippen LogP contribution in [0.3, 0.4) is 0 Å². The highest BCUT2D eigenvalue weighted by Crippen LogP contribution is 2.28. The van der Waals surface area contributed by atoms with E-state index >= 15 is 0 Å². The fourth-order valence-corrected chi connectivity index (χ4v) is 2.46. The lowest BCUT2D eigenvalue weighted by molar-refractivity contribution is -0.384. The number of hydrogen-bond donors (Lipinski definition) is 1. The van der Waals surface area contributed by atoms with Gasteiger partial charge < -0.3 is 10.2 Å². The minimum atomic E-state index is -0.405. The van der Waals surface area contributed by atoms with Crippen LogP contribution in [0.5, 0.6) is 0 Å². The van der Waals surface area contributed by atoms with Crippen LogP contribution in [0.2, 0.25) is 0 Å². The Labute approximate surface area is 117 Å². The Bertz CT molecular complexity index is 629. The van der Waals surface area contributed by atoms with Crippen molar-refractivity contribution in [1.82, 2.24) is 0 Å². The van der Waals surface area contributed by atoms with Gasteiger partial charge in [-0.25, -0.2) is 0 Å². The summed E-state index contributed by atoms with van der Waals surface area (Å²) in [4.78, 5) is 10.2. The Hall–Kier alpha value is -2.14. The molecule has 0 radical (unpaired) electrons. The van der Waals surface area contributed by atoms with Gasteiger partial charge in [0.15, 0.2) is 0 Å². The molecule has 0 bridgehead atoms. The molecule has 0 saturated carbocycles. The van der Waals surface area contributed by atoms with E-state index in [0.717, 1.165) is 28.2 Å². The number of furan rings is 1. The van der Waals surface area contributed by atoms with Crippen molar-refractivity contribution in [3.63, 3.8) is 0 Å². The molecular weight excluding hydrogens is 256 g/mol. The van der Waals surface area contributed by atoms with E-state index in [1.165, 1.54) is 12.1 Å². The molecule has 0 amide bonds. The van der Waals surface area contributed by atoms with E-state index in [4.69, 9.17) is 10.2 Å². The summed E-state index contributed by atoms with van der Waals surface area (Å²) in [6.45, 7) is 5.83. The van der Waals surface area contributed by atoms with Crippen molar-refractivity contribution in [2.45, 2.75) is 33.2 Å². The van der Waals surface area contributed by atoms with Crippen molar-refractivity contribution in [3.8, 4) is 0 Å². The van der Waals surface area contributed by atoms with Gasteiger partial charge in [0.25, 0.3) is 5.69 Å². The third kappa shape index (κ3) is 2.72. The smallest absolute Gasteiger partial charge is 0.269 e. The van der Waals surface area contributed by atoms with Crippen LogP contribution in [0.4, 0.5) is 5.69 Å². The molecule has 1 aromatic heterocycles. The van der Waals surface area contributed by atoms with Gasteiger partial charge in [-0.2, -0.15) is 0 Å². The second kappa shape index (κ2) is 5.46. The van der Waals surface area contributed by atoms with Gasteiger partial charge in [0, 0.05) is 23.7 Å². The van der Waals surface area contributed by atoms with Gasteiger partial charge in [-0.05, 0) is 38.3 Å². The number of nitrogens with two attached hydrogens (primary N) is 1. The molecule has 0 saturated heterocycles. The van der Waals surface area contributed by atoms with Crippen LogP contribution in [0.1, 0.15) is 34.3 Å². The second-order valence-corrected chi connectivity index (χ2v) is 4.99. The number of nitro groups is 1. The predicted molar refractivity (Wildman–Crippen MR) is 76.6 cm³/mol. The third-order valence-corrected chi connectivity index (χ3v) is 3.59. The first-order chi connectivity index (χ1) is 9.40.